The van der Waals surface area contributed by atoms with Crippen molar-refractivity contribution in [3.8, 4) is 5.75 Å². The minimum absolute atomic E-state index is 0.0761. The van der Waals surface area contributed by atoms with Crippen LogP contribution in [0.2, 0.25) is 0 Å². The van der Waals surface area contributed by atoms with Crippen molar-refractivity contribution < 1.29 is 4.74 Å². The van der Waals surface area contributed by atoms with Crippen molar-refractivity contribution in [3.05, 3.63) is 12.4 Å². The van der Waals surface area contributed by atoms with E-state index in [0.717, 1.165) is 24.8 Å². The maximum absolute atomic E-state index is 6.25. The van der Waals surface area contributed by atoms with Gasteiger partial charge >= 0.3 is 0 Å². The molecule has 0 atom stereocenters. The molecule has 0 aromatic carbocycles. The zero-order chi connectivity index (χ0) is 13.3. The number of nitrogens with one attached hydrogen (secondary N) is 1. The highest BCUT2D eigenvalue weighted by Gasteiger charge is 2.39. The van der Waals surface area contributed by atoms with Gasteiger partial charge in [0.05, 0.1) is 12.4 Å². The summed E-state index contributed by atoms with van der Waals surface area (Å²) in [6, 6.07) is 1.19. The van der Waals surface area contributed by atoms with Crippen LogP contribution in [0, 0.1) is 0 Å². The number of rotatable bonds is 7. The van der Waals surface area contributed by atoms with Gasteiger partial charge in [-0.3, -0.25) is 4.68 Å². The third-order valence-electron chi connectivity index (χ3n) is 4.30. The van der Waals surface area contributed by atoms with E-state index in [4.69, 9.17) is 4.74 Å². The van der Waals surface area contributed by atoms with E-state index in [0.29, 0.717) is 6.04 Å². The summed E-state index contributed by atoms with van der Waals surface area (Å²) in [6.45, 7) is 5.36. The lowest BCUT2D eigenvalue weighted by molar-refractivity contribution is -0.0144. The van der Waals surface area contributed by atoms with E-state index in [-0.39, 0.29) is 5.60 Å². The van der Waals surface area contributed by atoms with Gasteiger partial charge < -0.3 is 10.1 Å². The van der Waals surface area contributed by atoms with Crippen molar-refractivity contribution in [1.29, 1.82) is 0 Å². The van der Waals surface area contributed by atoms with Crippen LogP contribution in [0.25, 0.3) is 0 Å². The molecule has 0 bridgehead atoms. The molecule has 3 rings (SSSR count). The van der Waals surface area contributed by atoms with Gasteiger partial charge in [-0.1, -0.05) is 0 Å². The molecule has 4 nitrogen and oxygen atoms in total. The Kier molecular flexibility index (Phi) is 3.52. The fraction of sp³-hybridized carbons (Fsp3) is 0.800. The summed E-state index contributed by atoms with van der Waals surface area (Å²) in [5.41, 5.74) is 0.0761. The molecule has 0 radical (unpaired) electrons. The Labute approximate surface area is 115 Å². The van der Waals surface area contributed by atoms with E-state index in [9.17, 15) is 0 Å². The van der Waals surface area contributed by atoms with E-state index in [1.165, 1.54) is 32.1 Å². The molecule has 0 spiro atoms. The number of hydrogen-bond donors (Lipinski definition) is 1. The normalized spacial score (nSPS) is 21.4. The lowest BCUT2D eigenvalue weighted by Gasteiger charge is -2.41. The number of hydrogen-bond acceptors (Lipinski definition) is 3. The highest BCUT2D eigenvalue weighted by atomic mass is 16.5. The molecule has 4 heteroatoms. The van der Waals surface area contributed by atoms with Gasteiger partial charge in [0.25, 0.3) is 0 Å². The maximum atomic E-state index is 6.25. The summed E-state index contributed by atoms with van der Waals surface area (Å²) < 4.78 is 8.21. The highest BCUT2D eigenvalue weighted by Crippen LogP contribution is 2.39. The van der Waals surface area contributed by atoms with Crippen LogP contribution >= 0.6 is 0 Å². The van der Waals surface area contributed by atoms with Gasteiger partial charge in [0.2, 0.25) is 0 Å². The van der Waals surface area contributed by atoms with Gasteiger partial charge in [0.1, 0.15) is 5.60 Å². The van der Waals surface area contributed by atoms with Crippen LogP contribution in [0.1, 0.15) is 58.4 Å². The van der Waals surface area contributed by atoms with Crippen molar-refractivity contribution >= 4 is 0 Å². The second-order valence-corrected chi connectivity index (χ2v) is 6.37. The first kappa shape index (κ1) is 13.0. The summed E-state index contributed by atoms with van der Waals surface area (Å²) in [4.78, 5) is 0. The first-order valence-electron chi connectivity index (χ1n) is 7.63. The fourth-order valence-corrected chi connectivity index (χ4v) is 2.67. The minimum Gasteiger partial charge on any atom is -0.484 e. The average Bonchev–Trinajstić information content (AvgIpc) is 3.02. The lowest BCUT2D eigenvalue weighted by Crippen LogP contribution is -2.45. The highest BCUT2D eigenvalue weighted by molar-refractivity contribution is 5.15. The molecule has 1 N–H and O–H groups in total. The molecule has 2 saturated carbocycles. The Morgan fingerprint density at radius 3 is 2.79 bits per heavy atom. The topological polar surface area (TPSA) is 39.1 Å². The molecule has 2 aliphatic rings. The summed E-state index contributed by atoms with van der Waals surface area (Å²) in [7, 11) is 0. The monoisotopic (exact) mass is 263 g/mol. The van der Waals surface area contributed by atoms with Crippen molar-refractivity contribution in [3.63, 3.8) is 0 Å². The standard InChI is InChI=1S/C15H25N3O/c1-12(2)18-11-14(10-17-18)19-15(6-3-7-15)8-9-16-13-4-5-13/h10-13,16H,3-9H2,1-2H3. The number of aromatic nitrogens is 2. The molecule has 106 valence electrons. The SMILES string of the molecule is CC(C)n1cc(OC2(CCNC3CC3)CCC2)cn1. The smallest absolute Gasteiger partial charge is 0.158 e. The zero-order valence-corrected chi connectivity index (χ0v) is 12.1. The Morgan fingerprint density at radius 2 is 2.26 bits per heavy atom. The van der Waals surface area contributed by atoms with Crippen LogP contribution in [0.3, 0.4) is 0 Å². The molecule has 1 aromatic rings. The lowest BCUT2D eigenvalue weighted by atomic mass is 9.77. The third-order valence-corrected chi connectivity index (χ3v) is 4.30. The molecular weight excluding hydrogens is 238 g/mol. The Hall–Kier alpha value is -1.03. The Morgan fingerprint density at radius 1 is 1.47 bits per heavy atom. The molecule has 19 heavy (non-hydrogen) atoms. The van der Waals surface area contributed by atoms with Crippen molar-refractivity contribution in [2.75, 3.05) is 6.54 Å². The van der Waals surface area contributed by atoms with Gasteiger partial charge in [0.15, 0.2) is 5.75 Å². The van der Waals surface area contributed by atoms with Gasteiger partial charge in [-0.2, -0.15) is 5.10 Å². The molecule has 1 aromatic heterocycles. The average molecular weight is 263 g/mol. The molecule has 0 unspecified atom stereocenters. The Balaban J connectivity index is 1.54. The van der Waals surface area contributed by atoms with Gasteiger partial charge in [-0.05, 0) is 58.9 Å². The van der Waals surface area contributed by atoms with E-state index in [1.54, 1.807) is 0 Å². The first-order chi connectivity index (χ1) is 9.17. The molecule has 2 aliphatic carbocycles. The predicted molar refractivity (Wildman–Crippen MR) is 75.5 cm³/mol. The van der Waals surface area contributed by atoms with Gasteiger partial charge in [-0.15, -0.1) is 0 Å². The second kappa shape index (κ2) is 5.16. The van der Waals surface area contributed by atoms with E-state index < -0.39 is 0 Å². The van der Waals surface area contributed by atoms with Crippen LogP contribution in [-0.2, 0) is 0 Å². The fourth-order valence-electron chi connectivity index (χ4n) is 2.67. The molecule has 2 fully saturated rings. The third kappa shape index (κ3) is 3.11. The summed E-state index contributed by atoms with van der Waals surface area (Å²) in [6.07, 6.45) is 11.4. The summed E-state index contributed by atoms with van der Waals surface area (Å²) in [5.74, 6) is 0.930. The summed E-state index contributed by atoms with van der Waals surface area (Å²) >= 11 is 0. The number of ether oxygens (including phenoxy) is 1. The molecule has 1 heterocycles. The quantitative estimate of drug-likeness (QED) is 0.822. The van der Waals surface area contributed by atoms with Crippen LogP contribution in [-0.4, -0.2) is 28.0 Å². The van der Waals surface area contributed by atoms with Crippen molar-refractivity contribution in [2.24, 2.45) is 0 Å². The molecular formula is C15H25N3O. The molecule has 0 amide bonds. The van der Waals surface area contributed by atoms with Crippen LogP contribution in [0.5, 0.6) is 5.75 Å². The number of nitrogens with zero attached hydrogens (tertiary/aromatic N) is 2. The first-order valence-corrected chi connectivity index (χ1v) is 7.63. The van der Waals surface area contributed by atoms with Gasteiger partial charge in [-0.25, -0.2) is 0 Å². The van der Waals surface area contributed by atoms with E-state index >= 15 is 0 Å². The Bertz CT molecular complexity index is 419. The molecule has 0 aliphatic heterocycles. The van der Waals surface area contributed by atoms with Crippen LogP contribution in [0.15, 0.2) is 12.4 Å². The predicted octanol–water partition coefficient (Wildman–Crippen LogP) is 2.91. The largest absolute Gasteiger partial charge is 0.484 e. The molecule has 0 saturated heterocycles. The summed E-state index contributed by atoms with van der Waals surface area (Å²) in [5, 5.41) is 7.94. The van der Waals surface area contributed by atoms with Gasteiger partial charge in [0, 0.05) is 12.1 Å². The van der Waals surface area contributed by atoms with E-state index in [1.807, 2.05) is 17.1 Å². The minimum atomic E-state index is 0.0761. The van der Waals surface area contributed by atoms with Crippen LogP contribution < -0.4 is 10.1 Å². The van der Waals surface area contributed by atoms with E-state index in [2.05, 4.69) is 24.3 Å². The maximum Gasteiger partial charge on any atom is 0.158 e. The van der Waals surface area contributed by atoms with Crippen molar-refractivity contribution in [2.45, 2.75) is 70.1 Å². The van der Waals surface area contributed by atoms with Crippen molar-refractivity contribution in [1.82, 2.24) is 15.1 Å². The zero-order valence-electron chi connectivity index (χ0n) is 12.1. The van der Waals surface area contributed by atoms with Crippen LogP contribution in [0.4, 0.5) is 0 Å². The second-order valence-electron chi connectivity index (χ2n) is 6.37.